The van der Waals surface area contributed by atoms with E-state index in [1.54, 1.807) is 13.3 Å². The van der Waals surface area contributed by atoms with Crippen LogP contribution in [0.4, 0.5) is 5.82 Å². The highest BCUT2D eigenvalue weighted by atomic mass is 79.9. The molecule has 0 saturated carbocycles. The second kappa shape index (κ2) is 5.88. The van der Waals surface area contributed by atoms with E-state index in [2.05, 4.69) is 36.3 Å². The van der Waals surface area contributed by atoms with Crippen LogP contribution < -0.4 is 5.32 Å². The summed E-state index contributed by atoms with van der Waals surface area (Å²) in [4.78, 5) is 8.81. The average molecular weight is 338 g/mol. The van der Waals surface area contributed by atoms with Crippen molar-refractivity contribution in [2.24, 2.45) is 0 Å². The normalized spacial score (nSPS) is 17.8. The van der Waals surface area contributed by atoms with Crippen LogP contribution >= 0.6 is 15.9 Å². The maximum Gasteiger partial charge on any atom is 0.176 e. The molecule has 0 aliphatic carbocycles. The molecular weight excluding hydrogens is 322 g/mol. The van der Waals surface area contributed by atoms with Crippen molar-refractivity contribution in [3.8, 4) is 0 Å². The van der Waals surface area contributed by atoms with Crippen LogP contribution in [0.2, 0.25) is 0 Å². The number of anilines is 1. The fourth-order valence-electron chi connectivity index (χ4n) is 2.34. The van der Waals surface area contributed by atoms with Gasteiger partial charge in [0.25, 0.3) is 0 Å². The molecule has 1 atom stereocenters. The molecule has 0 fully saturated rings. The minimum absolute atomic E-state index is 0.327. The average Bonchev–Trinajstić information content (AvgIpc) is 2.83. The molecule has 0 aromatic carbocycles. The van der Waals surface area contributed by atoms with E-state index in [1.807, 2.05) is 16.8 Å². The third-order valence-corrected chi connectivity index (χ3v) is 3.72. The Kier molecular flexibility index (Phi) is 3.98. The van der Waals surface area contributed by atoms with E-state index in [-0.39, 0.29) is 0 Å². The number of hydrogen-bond donors (Lipinski definition) is 1. The smallest absolute Gasteiger partial charge is 0.176 e. The third-order valence-electron chi connectivity index (χ3n) is 3.25. The Balaban J connectivity index is 1.67. The molecule has 2 aromatic heterocycles. The van der Waals surface area contributed by atoms with E-state index in [0.717, 1.165) is 41.3 Å². The maximum absolute atomic E-state index is 5.07. The van der Waals surface area contributed by atoms with E-state index < -0.39 is 0 Å². The Bertz CT molecular complexity index is 583. The number of nitrogens with zero attached hydrogens (tertiary/aromatic N) is 4. The summed E-state index contributed by atoms with van der Waals surface area (Å²) in [6, 6.07) is 4.28. The zero-order valence-corrected chi connectivity index (χ0v) is 12.8. The third kappa shape index (κ3) is 2.99. The van der Waals surface area contributed by atoms with Gasteiger partial charge in [-0.3, -0.25) is 0 Å². The monoisotopic (exact) mass is 337 g/mol. The first-order valence-corrected chi connectivity index (χ1v) is 7.33. The molecule has 0 radical (unpaired) electrons. The van der Waals surface area contributed by atoms with Crippen molar-refractivity contribution in [1.29, 1.82) is 0 Å². The summed E-state index contributed by atoms with van der Waals surface area (Å²) < 4.78 is 8.02. The molecular formula is C13H16BrN5O. The number of pyridine rings is 1. The summed E-state index contributed by atoms with van der Waals surface area (Å²) in [7, 11) is 1.66. The highest BCUT2D eigenvalue weighted by Gasteiger charge is 2.21. The first kappa shape index (κ1) is 13.5. The molecule has 20 heavy (non-hydrogen) atoms. The van der Waals surface area contributed by atoms with Gasteiger partial charge in [-0.25, -0.2) is 14.6 Å². The number of fused-ring (bicyclic) bond motifs is 1. The summed E-state index contributed by atoms with van der Waals surface area (Å²) >= 11 is 3.38. The molecule has 2 aromatic rings. The lowest BCUT2D eigenvalue weighted by molar-refractivity contribution is 0.177. The Morgan fingerprint density at radius 3 is 3.15 bits per heavy atom. The van der Waals surface area contributed by atoms with Gasteiger partial charge in [0.15, 0.2) is 5.82 Å². The van der Waals surface area contributed by atoms with Gasteiger partial charge in [-0.1, -0.05) is 0 Å². The predicted molar refractivity (Wildman–Crippen MR) is 78.4 cm³/mol. The topological polar surface area (TPSA) is 64.9 Å². The fourth-order valence-corrected chi connectivity index (χ4v) is 2.57. The summed E-state index contributed by atoms with van der Waals surface area (Å²) in [6.07, 6.45) is 3.75. The van der Waals surface area contributed by atoms with Crippen molar-refractivity contribution >= 4 is 21.7 Å². The standard InChI is InChI=1S/C13H16BrN5O/c1-20-8-12-17-13-5-3-10(7-19(13)18-12)16-11-4-2-9(14)6-15-11/h2,4,6,10H,3,5,7-8H2,1H3,(H,15,16)/t10-/m1/s1. The molecule has 3 heterocycles. The summed E-state index contributed by atoms with van der Waals surface area (Å²) in [5.41, 5.74) is 0. The van der Waals surface area contributed by atoms with Crippen LogP contribution in [0.3, 0.4) is 0 Å². The molecule has 1 aliphatic rings. The van der Waals surface area contributed by atoms with Gasteiger partial charge in [-0.05, 0) is 34.5 Å². The zero-order chi connectivity index (χ0) is 13.9. The predicted octanol–water partition coefficient (Wildman–Crippen LogP) is 2.01. The highest BCUT2D eigenvalue weighted by molar-refractivity contribution is 9.10. The molecule has 0 amide bonds. The highest BCUT2D eigenvalue weighted by Crippen LogP contribution is 2.18. The van der Waals surface area contributed by atoms with Crippen molar-refractivity contribution in [1.82, 2.24) is 19.7 Å². The van der Waals surface area contributed by atoms with Crippen LogP contribution in [0.5, 0.6) is 0 Å². The molecule has 7 heteroatoms. The molecule has 0 bridgehead atoms. The molecule has 0 saturated heterocycles. The van der Waals surface area contributed by atoms with E-state index in [9.17, 15) is 0 Å². The van der Waals surface area contributed by atoms with E-state index in [4.69, 9.17) is 4.74 Å². The second-order valence-electron chi connectivity index (χ2n) is 4.80. The minimum Gasteiger partial charge on any atom is -0.377 e. The van der Waals surface area contributed by atoms with E-state index >= 15 is 0 Å². The van der Waals surface area contributed by atoms with Crippen LogP contribution in [0, 0.1) is 0 Å². The summed E-state index contributed by atoms with van der Waals surface area (Å²) in [5, 5.41) is 7.90. The van der Waals surface area contributed by atoms with Crippen molar-refractivity contribution in [3.63, 3.8) is 0 Å². The van der Waals surface area contributed by atoms with Crippen molar-refractivity contribution in [2.45, 2.75) is 32.0 Å². The molecule has 0 spiro atoms. The van der Waals surface area contributed by atoms with Gasteiger partial charge in [0, 0.05) is 30.2 Å². The lowest BCUT2D eigenvalue weighted by Gasteiger charge is -2.23. The van der Waals surface area contributed by atoms with Crippen molar-refractivity contribution in [3.05, 3.63) is 34.5 Å². The number of halogens is 1. The van der Waals surface area contributed by atoms with Gasteiger partial charge < -0.3 is 10.1 Å². The number of hydrogen-bond acceptors (Lipinski definition) is 5. The van der Waals surface area contributed by atoms with Crippen LogP contribution in [0.25, 0.3) is 0 Å². The zero-order valence-electron chi connectivity index (χ0n) is 11.2. The van der Waals surface area contributed by atoms with Gasteiger partial charge in [0.05, 0.1) is 6.54 Å². The molecule has 0 unspecified atom stereocenters. The number of ether oxygens (including phenoxy) is 1. The molecule has 6 nitrogen and oxygen atoms in total. The molecule has 1 N–H and O–H groups in total. The largest absolute Gasteiger partial charge is 0.377 e. The second-order valence-corrected chi connectivity index (χ2v) is 5.72. The SMILES string of the molecule is COCc1nc2n(n1)C[C@H](Nc1ccc(Br)cn1)CC2. The van der Waals surface area contributed by atoms with Crippen LogP contribution in [0.15, 0.2) is 22.8 Å². The van der Waals surface area contributed by atoms with Gasteiger partial charge in [0.2, 0.25) is 0 Å². The maximum atomic E-state index is 5.07. The van der Waals surface area contributed by atoms with Gasteiger partial charge in [-0.15, -0.1) is 0 Å². The number of methoxy groups -OCH3 is 1. The van der Waals surface area contributed by atoms with Crippen molar-refractivity contribution in [2.75, 3.05) is 12.4 Å². The number of aryl methyl sites for hydroxylation is 1. The number of nitrogens with one attached hydrogen (secondary N) is 1. The van der Waals surface area contributed by atoms with Crippen molar-refractivity contribution < 1.29 is 4.74 Å². The molecule has 106 valence electrons. The van der Waals surface area contributed by atoms with Crippen LogP contribution in [-0.4, -0.2) is 32.9 Å². The minimum atomic E-state index is 0.327. The Morgan fingerprint density at radius 1 is 1.50 bits per heavy atom. The van der Waals surface area contributed by atoms with E-state index in [0.29, 0.717) is 12.6 Å². The number of aromatic nitrogens is 4. The van der Waals surface area contributed by atoms with Gasteiger partial charge in [-0.2, -0.15) is 5.10 Å². The van der Waals surface area contributed by atoms with Crippen LogP contribution in [0.1, 0.15) is 18.1 Å². The Morgan fingerprint density at radius 2 is 2.40 bits per heavy atom. The van der Waals surface area contributed by atoms with Gasteiger partial charge in [0.1, 0.15) is 18.2 Å². The first-order chi connectivity index (χ1) is 9.74. The fraction of sp³-hybridized carbons (Fsp3) is 0.462. The molecule has 3 rings (SSSR count). The Hall–Kier alpha value is -1.47. The lowest BCUT2D eigenvalue weighted by Crippen LogP contribution is -2.32. The summed E-state index contributed by atoms with van der Waals surface area (Å²) in [6.45, 7) is 1.27. The van der Waals surface area contributed by atoms with Crippen LogP contribution in [-0.2, 0) is 24.3 Å². The quantitative estimate of drug-likeness (QED) is 0.924. The Labute approximate surface area is 125 Å². The lowest BCUT2D eigenvalue weighted by atomic mass is 10.1. The number of rotatable bonds is 4. The molecule has 1 aliphatic heterocycles. The first-order valence-electron chi connectivity index (χ1n) is 6.54. The summed E-state index contributed by atoms with van der Waals surface area (Å²) in [5.74, 6) is 2.68. The van der Waals surface area contributed by atoms with E-state index in [1.165, 1.54) is 0 Å². The van der Waals surface area contributed by atoms with Gasteiger partial charge >= 0.3 is 0 Å².